The molecule has 0 spiro atoms. The number of sulfonamides is 1. The van der Waals surface area contributed by atoms with E-state index in [1.807, 2.05) is 6.92 Å². The van der Waals surface area contributed by atoms with Crippen molar-refractivity contribution in [3.63, 3.8) is 0 Å². The summed E-state index contributed by atoms with van der Waals surface area (Å²) in [5.74, 6) is 0.491. The molecule has 1 heterocycles. The van der Waals surface area contributed by atoms with Crippen LogP contribution in [0.1, 0.15) is 45.4 Å². The molecule has 0 aromatic heterocycles. The molecule has 0 amide bonds. The summed E-state index contributed by atoms with van der Waals surface area (Å²) in [6, 6.07) is 0.186. The SMILES string of the molecule is CC(N)C1CCN(S(=O)(=O)C2CCCC2)CC1. The average molecular weight is 260 g/mol. The van der Waals surface area contributed by atoms with Gasteiger partial charge >= 0.3 is 0 Å². The highest BCUT2D eigenvalue weighted by molar-refractivity contribution is 7.89. The van der Waals surface area contributed by atoms with E-state index in [9.17, 15) is 8.42 Å². The van der Waals surface area contributed by atoms with Crippen molar-refractivity contribution in [2.24, 2.45) is 11.7 Å². The zero-order valence-corrected chi connectivity index (χ0v) is 11.5. The molecule has 2 rings (SSSR count). The molecule has 1 unspecified atom stereocenters. The number of hydrogen-bond donors (Lipinski definition) is 1. The van der Waals surface area contributed by atoms with E-state index in [0.29, 0.717) is 19.0 Å². The first-order chi connectivity index (χ1) is 8.01. The van der Waals surface area contributed by atoms with Crippen LogP contribution in [-0.4, -0.2) is 37.1 Å². The summed E-state index contributed by atoms with van der Waals surface area (Å²) < 4.78 is 26.4. The summed E-state index contributed by atoms with van der Waals surface area (Å²) in [7, 11) is -3.02. The van der Waals surface area contributed by atoms with Crippen molar-refractivity contribution in [2.45, 2.75) is 56.7 Å². The van der Waals surface area contributed by atoms with E-state index in [1.165, 1.54) is 0 Å². The minimum atomic E-state index is -3.02. The molecule has 1 atom stereocenters. The van der Waals surface area contributed by atoms with Gasteiger partial charge in [-0.2, -0.15) is 0 Å². The molecule has 5 heteroatoms. The van der Waals surface area contributed by atoms with Gasteiger partial charge in [-0.1, -0.05) is 12.8 Å². The van der Waals surface area contributed by atoms with Gasteiger partial charge in [0, 0.05) is 19.1 Å². The fourth-order valence-corrected chi connectivity index (χ4v) is 5.12. The average Bonchev–Trinajstić information content (AvgIpc) is 2.83. The second-order valence-corrected chi connectivity index (χ2v) is 7.76. The number of nitrogens with zero attached hydrogens (tertiary/aromatic N) is 1. The molecule has 0 aromatic carbocycles. The van der Waals surface area contributed by atoms with E-state index < -0.39 is 10.0 Å². The van der Waals surface area contributed by atoms with Gasteiger partial charge in [-0.3, -0.25) is 0 Å². The minimum Gasteiger partial charge on any atom is -0.328 e. The smallest absolute Gasteiger partial charge is 0.216 e. The van der Waals surface area contributed by atoms with Crippen LogP contribution in [0.3, 0.4) is 0 Å². The lowest BCUT2D eigenvalue weighted by Gasteiger charge is -2.34. The molecule has 1 aliphatic heterocycles. The van der Waals surface area contributed by atoms with Gasteiger partial charge in [-0.05, 0) is 38.5 Å². The molecule has 100 valence electrons. The van der Waals surface area contributed by atoms with E-state index in [0.717, 1.165) is 38.5 Å². The first-order valence-electron chi connectivity index (χ1n) is 6.76. The summed E-state index contributed by atoms with van der Waals surface area (Å²) >= 11 is 0. The van der Waals surface area contributed by atoms with Crippen molar-refractivity contribution in [1.29, 1.82) is 0 Å². The van der Waals surface area contributed by atoms with Crippen molar-refractivity contribution >= 4 is 10.0 Å². The fourth-order valence-electron chi connectivity index (χ4n) is 3.05. The quantitative estimate of drug-likeness (QED) is 0.832. The van der Waals surface area contributed by atoms with Crippen molar-refractivity contribution in [3.8, 4) is 0 Å². The van der Waals surface area contributed by atoms with Crippen LogP contribution < -0.4 is 5.73 Å². The van der Waals surface area contributed by atoms with Crippen LogP contribution in [0.2, 0.25) is 0 Å². The molecule has 17 heavy (non-hydrogen) atoms. The van der Waals surface area contributed by atoms with Crippen LogP contribution in [0, 0.1) is 5.92 Å². The summed E-state index contributed by atoms with van der Waals surface area (Å²) in [5, 5.41) is -0.102. The van der Waals surface area contributed by atoms with E-state index in [2.05, 4.69) is 0 Å². The molecule has 1 aliphatic carbocycles. The standard InChI is InChI=1S/C12H24N2O2S/c1-10(13)11-6-8-14(9-7-11)17(15,16)12-4-2-3-5-12/h10-12H,2-9,13H2,1H3. The van der Waals surface area contributed by atoms with E-state index >= 15 is 0 Å². The lowest BCUT2D eigenvalue weighted by Crippen LogP contribution is -2.45. The molecule has 4 nitrogen and oxygen atoms in total. The fraction of sp³-hybridized carbons (Fsp3) is 1.00. The predicted molar refractivity (Wildman–Crippen MR) is 69.1 cm³/mol. The van der Waals surface area contributed by atoms with E-state index in [1.54, 1.807) is 4.31 Å². The van der Waals surface area contributed by atoms with Crippen LogP contribution >= 0.6 is 0 Å². The highest BCUT2D eigenvalue weighted by Crippen LogP contribution is 2.30. The highest BCUT2D eigenvalue weighted by atomic mass is 32.2. The molecular formula is C12H24N2O2S. The van der Waals surface area contributed by atoms with Crippen molar-refractivity contribution in [2.75, 3.05) is 13.1 Å². The third kappa shape index (κ3) is 2.83. The van der Waals surface area contributed by atoms with Gasteiger partial charge in [-0.15, -0.1) is 0 Å². The maximum Gasteiger partial charge on any atom is 0.216 e. The number of piperidine rings is 1. The van der Waals surface area contributed by atoms with Gasteiger partial charge < -0.3 is 5.73 Å². The van der Waals surface area contributed by atoms with E-state index in [-0.39, 0.29) is 11.3 Å². The van der Waals surface area contributed by atoms with Gasteiger partial charge in [0.25, 0.3) is 0 Å². The summed E-state index contributed by atoms with van der Waals surface area (Å²) in [6.45, 7) is 3.36. The Bertz CT molecular complexity index is 340. The van der Waals surface area contributed by atoms with Crippen LogP contribution in [0.4, 0.5) is 0 Å². The maximum absolute atomic E-state index is 12.4. The second-order valence-electron chi connectivity index (χ2n) is 5.55. The first kappa shape index (κ1) is 13.3. The molecule has 2 fully saturated rings. The molecular weight excluding hydrogens is 236 g/mol. The van der Waals surface area contributed by atoms with Gasteiger partial charge in [-0.25, -0.2) is 12.7 Å². The molecule has 2 aliphatic rings. The number of hydrogen-bond acceptors (Lipinski definition) is 3. The molecule has 2 N–H and O–H groups in total. The van der Waals surface area contributed by atoms with Gasteiger partial charge in [0.1, 0.15) is 0 Å². The zero-order chi connectivity index (χ0) is 12.5. The Morgan fingerprint density at radius 1 is 1.12 bits per heavy atom. The second kappa shape index (κ2) is 5.24. The largest absolute Gasteiger partial charge is 0.328 e. The lowest BCUT2D eigenvalue weighted by molar-refractivity contribution is 0.249. The normalized spacial score (nSPS) is 27.4. The Hall–Kier alpha value is -0.130. The third-order valence-corrected chi connectivity index (χ3v) is 6.72. The Balaban J connectivity index is 1.95. The molecule has 0 bridgehead atoms. The third-order valence-electron chi connectivity index (χ3n) is 4.33. The van der Waals surface area contributed by atoms with Gasteiger partial charge in [0.05, 0.1) is 5.25 Å². The maximum atomic E-state index is 12.4. The Morgan fingerprint density at radius 3 is 2.12 bits per heavy atom. The summed E-state index contributed by atoms with van der Waals surface area (Å²) in [5.41, 5.74) is 5.88. The summed E-state index contributed by atoms with van der Waals surface area (Å²) in [6.07, 6.45) is 5.69. The van der Waals surface area contributed by atoms with Gasteiger partial charge in [0.2, 0.25) is 10.0 Å². The number of nitrogens with two attached hydrogens (primary N) is 1. The Kier molecular flexibility index (Phi) is 4.10. The summed E-state index contributed by atoms with van der Waals surface area (Å²) in [4.78, 5) is 0. The van der Waals surface area contributed by atoms with Crippen LogP contribution in [0.5, 0.6) is 0 Å². The molecule has 1 saturated heterocycles. The molecule has 0 aromatic rings. The topological polar surface area (TPSA) is 63.4 Å². The van der Waals surface area contributed by atoms with Crippen molar-refractivity contribution in [1.82, 2.24) is 4.31 Å². The number of rotatable bonds is 3. The molecule has 0 radical (unpaired) electrons. The minimum absolute atomic E-state index is 0.102. The van der Waals surface area contributed by atoms with Crippen molar-refractivity contribution in [3.05, 3.63) is 0 Å². The first-order valence-corrected chi connectivity index (χ1v) is 8.26. The Morgan fingerprint density at radius 2 is 1.65 bits per heavy atom. The van der Waals surface area contributed by atoms with E-state index in [4.69, 9.17) is 5.73 Å². The molecule has 1 saturated carbocycles. The van der Waals surface area contributed by atoms with Gasteiger partial charge in [0.15, 0.2) is 0 Å². The van der Waals surface area contributed by atoms with Crippen molar-refractivity contribution < 1.29 is 8.42 Å². The Labute approximate surface area is 105 Å². The lowest BCUT2D eigenvalue weighted by atomic mass is 9.92. The van der Waals surface area contributed by atoms with Crippen LogP contribution in [0.15, 0.2) is 0 Å². The predicted octanol–water partition coefficient (Wildman–Crippen LogP) is 1.32. The highest BCUT2D eigenvalue weighted by Gasteiger charge is 2.36. The van der Waals surface area contributed by atoms with Crippen LogP contribution in [-0.2, 0) is 10.0 Å². The zero-order valence-electron chi connectivity index (χ0n) is 10.6. The monoisotopic (exact) mass is 260 g/mol. The van der Waals surface area contributed by atoms with Crippen LogP contribution in [0.25, 0.3) is 0 Å².